The number of anilines is 4. The first-order valence-corrected chi connectivity index (χ1v) is 55.6. The van der Waals surface area contributed by atoms with Crippen LogP contribution >= 0.6 is 0 Å². The van der Waals surface area contributed by atoms with E-state index in [2.05, 4.69) is 81.7 Å². The minimum atomic E-state index is -3.45. The molecule has 11 heterocycles. The lowest BCUT2D eigenvalue weighted by atomic mass is 9.96. The third kappa shape index (κ3) is 26.1. The predicted molar refractivity (Wildman–Crippen MR) is 569 cm³/mol. The molecule has 0 spiro atoms. The zero-order valence-electron chi connectivity index (χ0n) is 81.7. The van der Waals surface area contributed by atoms with E-state index in [0.717, 1.165) is 140 Å². The van der Waals surface area contributed by atoms with Crippen LogP contribution in [-0.4, -0.2) is 138 Å². The molecule has 1 fully saturated rings. The van der Waals surface area contributed by atoms with Crippen LogP contribution in [0.2, 0.25) is 0 Å². The fourth-order valence-corrected chi connectivity index (χ4v) is 20.6. The minimum absolute atomic E-state index is 0.0464. The van der Waals surface area contributed by atoms with E-state index in [4.69, 9.17) is 14.2 Å². The van der Waals surface area contributed by atoms with Crippen molar-refractivity contribution in [2.24, 2.45) is 5.41 Å². The van der Waals surface area contributed by atoms with Gasteiger partial charge in [-0.2, -0.15) is 0 Å². The number of fused-ring (bicyclic) bond motifs is 5. The standard InChI is InChI=1S/C23H21FN2O3S.C22H21N3O3S.C21H25N3O4S.C20H18N4O4S.C20H25N3O4S/c1-15-11-21(26-10-9-25-23(27)22(15)26)20-13-17(14-30(2,28)29)3-6-18(20)12-16-4-7-19(24)8-5-16;1-15-12-20(25-11-10-23-22(26)21(15)25)19-14-18(24-29(2,27)28)9-8-17(19)13-16-6-4-3-5-7-16;1-14-12-18(24-11-10-22-21(25)20(14)24)17-13-15(23-29(2,26)27)8-9-19(17)28-16-6-4-3-5-7-16;1-13-10-17(24-9-8-22-20(25)19(13)24)16-11-14(23-29(2,26)27)5-6-18(16)28-15-4-3-7-21-12-15;1-13-10-16(23-9-8-21-19(24)18(13)23)15-11-14(22-28(5,25)26)6-7-17(15)27-12-20(2,3)4/h3-11,13H,12,14H2,1-2H3,(H,25,27);3-12,14,24H,13H2,1-2H3,(H,23,26);8-13,16,23H,3-7H2,1-2H3,(H,22,25);3-12,23H,1-2H3,(H,22,25);6-11,22H,12H2,1-5H3,(H,21,24). The Hall–Kier alpha value is -15.6. The summed E-state index contributed by atoms with van der Waals surface area (Å²) in [6, 6.07) is 55.9. The maximum atomic E-state index is 13.3. The molecular formula is C106H110FN15O18S5. The Balaban J connectivity index is 0.000000136. The number of pyridine rings is 1. The van der Waals surface area contributed by atoms with Crippen molar-refractivity contribution in [1.29, 1.82) is 0 Å². The summed E-state index contributed by atoms with van der Waals surface area (Å²) in [4.78, 5) is 78.9. The zero-order chi connectivity index (χ0) is 104. The maximum absolute atomic E-state index is 13.3. The molecule has 18 aromatic rings. The van der Waals surface area contributed by atoms with E-state index in [9.17, 15) is 70.5 Å². The molecule has 7 aromatic carbocycles. The topological polar surface area (TPSA) is 446 Å². The van der Waals surface area contributed by atoms with Gasteiger partial charge in [0, 0.05) is 125 Å². The quantitative estimate of drug-likeness (QED) is 0.0257. The molecule has 0 radical (unpaired) electrons. The van der Waals surface area contributed by atoms with Crippen LogP contribution in [0, 0.1) is 45.9 Å². The van der Waals surface area contributed by atoms with Gasteiger partial charge in [-0.25, -0.2) is 46.5 Å². The fourth-order valence-electron chi connectivity index (χ4n) is 17.6. The molecule has 0 bridgehead atoms. The third-order valence-electron chi connectivity index (χ3n) is 23.6. The van der Waals surface area contributed by atoms with E-state index >= 15 is 0 Å². The molecule has 0 unspecified atom stereocenters. The van der Waals surface area contributed by atoms with E-state index in [1.54, 1.807) is 168 Å². The number of nitrogens with zero attached hydrogens (tertiary/aromatic N) is 6. The van der Waals surface area contributed by atoms with Gasteiger partial charge >= 0.3 is 0 Å². The molecule has 9 N–H and O–H groups in total. The molecule has 0 aliphatic heterocycles. The van der Waals surface area contributed by atoms with E-state index in [1.807, 2.05) is 127 Å². The molecule has 33 nitrogen and oxygen atoms in total. The Morgan fingerprint density at radius 2 is 0.717 bits per heavy atom. The smallest absolute Gasteiger partial charge is 0.272 e. The first-order valence-electron chi connectivity index (χ1n) is 46.0. The summed E-state index contributed by atoms with van der Waals surface area (Å²) in [7, 11) is -16.9. The molecule has 11 aromatic heterocycles. The average Bonchev–Trinajstić information content (AvgIpc) is 1.64. The van der Waals surface area contributed by atoms with Crippen LogP contribution in [-0.2, 0) is 68.5 Å². The number of hydrogen-bond donors (Lipinski definition) is 9. The Morgan fingerprint density at radius 3 is 1.10 bits per heavy atom. The first kappa shape index (κ1) is 104. The van der Waals surface area contributed by atoms with E-state index < -0.39 is 49.9 Å². The normalized spacial score (nSPS) is 12.6. The van der Waals surface area contributed by atoms with Gasteiger partial charge in [0.2, 0.25) is 40.1 Å². The lowest BCUT2D eigenvalue weighted by Gasteiger charge is -2.24. The van der Waals surface area contributed by atoms with E-state index in [1.165, 1.54) is 24.8 Å². The number of aromatic nitrogens is 11. The van der Waals surface area contributed by atoms with Crippen LogP contribution in [0.15, 0.2) is 286 Å². The maximum Gasteiger partial charge on any atom is 0.272 e. The summed E-state index contributed by atoms with van der Waals surface area (Å²) in [5.41, 5.74) is 20.1. The molecule has 1 saturated carbocycles. The van der Waals surface area contributed by atoms with Crippen molar-refractivity contribution < 1.29 is 60.7 Å². The molecular weight excluding hydrogens is 1950 g/mol. The number of halogens is 1. The van der Waals surface area contributed by atoms with Crippen molar-refractivity contribution in [2.45, 2.75) is 112 Å². The van der Waals surface area contributed by atoms with Crippen molar-refractivity contribution in [1.82, 2.24) is 51.9 Å². The van der Waals surface area contributed by atoms with Gasteiger partial charge in [-0.1, -0.05) is 87.9 Å². The van der Waals surface area contributed by atoms with Gasteiger partial charge in [0.15, 0.2) is 9.84 Å². The number of rotatable bonds is 25. The highest BCUT2D eigenvalue weighted by Gasteiger charge is 2.27. The second kappa shape index (κ2) is 42.9. The predicted octanol–water partition coefficient (Wildman–Crippen LogP) is 17.7. The molecule has 39 heteroatoms. The molecule has 1 aliphatic carbocycles. The molecule has 0 saturated heterocycles. The molecule has 754 valence electrons. The van der Waals surface area contributed by atoms with Crippen molar-refractivity contribution in [2.75, 3.05) is 56.8 Å². The number of H-pyrrole nitrogens is 5. The molecule has 145 heavy (non-hydrogen) atoms. The molecule has 1 aliphatic rings. The SMILES string of the molecule is Cc1cc(-c2cc(CS(C)(=O)=O)ccc2Cc2ccc(F)cc2)n2cc[nH]c(=O)c12.Cc1cc(-c2cc(NS(C)(=O)=O)ccc2Cc2ccccc2)n2cc[nH]c(=O)c12.Cc1cc(-c2cc(NS(C)(=O)=O)ccc2OC2CCCCC2)n2cc[nH]c(=O)c12.Cc1cc(-c2cc(NS(C)(=O)=O)ccc2OCC(C)(C)C)n2cc[nH]c(=O)c12.Cc1cc(-c2cc(NS(C)(=O)=O)ccc2Oc2cccnc2)n2cc[nH]c(=O)c12. The summed E-state index contributed by atoms with van der Waals surface area (Å²) in [5, 5.41) is 0. The Labute approximate surface area is 836 Å². The van der Waals surface area contributed by atoms with Crippen molar-refractivity contribution >= 4 is 100 Å². The largest absolute Gasteiger partial charge is 0.492 e. The Kier molecular flexibility index (Phi) is 30.7. The lowest BCUT2D eigenvalue weighted by molar-refractivity contribution is 0.155. The van der Waals surface area contributed by atoms with Crippen LogP contribution in [0.1, 0.15) is 109 Å². The highest BCUT2D eigenvalue weighted by atomic mass is 32.2. The van der Waals surface area contributed by atoms with Gasteiger partial charge in [0.05, 0.1) is 78.2 Å². The Morgan fingerprint density at radius 1 is 0.379 bits per heavy atom. The summed E-state index contributed by atoms with van der Waals surface area (Å²) in [6.45, 7) is 16.1. The summed E-state index contributed by atoms with van der Waals surface area (Å²) in [6.07, 6.45) is 32.6. The summed E-state index contributed by atoms with van der Waals surface area (Å²) >= 11 is 0. The van der Waals surface area contributed by atoms with Gasteiger partial charge in [0.1, 0.15) is 56.4 Å². The Bertz CT molecular complexity index is 8670. The minimum Gasteiger partial charge on any atom is -0.492 e. The van der Waals surface area contributed by atoms with Crippen LogP contribution in [0.3, 0.4) is 0 Å². The van der Waals surface area contributed by atoms with E-state index in [0.29, 0.717) is 115 Å². The highest BCUT2D eigenvalue weighted by molar-refractivity contribution is 7.92. The van der Waals surface area contributed by atoms with E-state index in [-0.39, 0.29) is 50.9 Å². The number of sulfonamides is 4. The molecule has 0 amide bonds. The van der Waals surface area contributed by atoms with Gasteiger partial charge in [0.25, 0.3) is 27.8 Å². The summed E-state index contributed by atoms with van der Waals surface area (Å²) < 4.78 is 168. The van der Waals surface area contributed by atoms with Gasteiger partial charge < -0.3 is 61.1 Å². The van der Waals surface area contributed by atoms with Crippen LogP contribution in [0.4, 0.5) is 27.1 Å². The first-order chi connectivity index (χ1) is 68.6. The number of sulfone groups is 1. The number of benzene rings is 7. The number of nitrogens with one attached hydrogen (secondary N) is 9. The van der Waals surface area contributed by atoms with Gasteiger partial charge in [-0.15, -0.1) is 0 Å². The van der Waals surface area contributed by atoms with Crippen LogP contribution < -0.4 is 60.9 Å². The average molecular weight is 2060 g/mol. The van der Waals surface area contributed by atoms with Crippen LogP contribution in [0.5, 0.6) is 23.0 Å². The number of aryl methyl sites for hydroxylation is 5. The van der Waals surface area contributed by atoms with Crippen molar-refractivity contribution in [3.8, 4) is 79.3 Å². The lowest BCUT2D eigenvalue weighted by Crippen LogP contribution is -2.20. The highest BCUT2D eigenvalue weighted by Crippen LogP contribution is 2.42. The summed E-state index contributed by atoms with van der Waals surface area (Å²) in [5.74, 6) is 1.98. The second-order valence-corrected chi connectivity index (χ2v) is 46.3. The zero-order valence-corrected chi connectivity index (χ0v) is 85.8. The fraction of sp³-hybridized carbons (Fsp3) is 0.226. The molecule has 19 rings (SSSR count). The molecule has 0 atom stereocenters. The number of ether oxygens (including phenoxy) is 3. The van der Waals surface area contributed by atoms with Crippen molar-refractivity contribution in [3.05, 3.63) is 376 Å². The van der Waals surface area contributed by atoms with Gasteiger partial charge in [-0.3, -0.25) is 47.8 Å². The van der Waals surface area contributed by atoms with Crippen molar-refractivity contribution in [3.63, 3.8) is 0 Å². The number of hydrogen-bond acceptors (Lipinski definition) is 19. The van der Waals surface area contributed by atoms with Crippen LogP contribution in [0.25, 0.3) is 83.9 Å². The second-order valence-electron chi connectivity index (χ2n) is 37.1. The van der Waals surface area contributed by atoms with Gasteiger partial charge in [-0.05, 0) is 262 Å². The number of aromatic amines is 5. The third-order valence-corrected chi connectivity index (χ3v) is 26.8. The monoisotopic (exact) mass is 2060 g/mol.